The molecule has 0 amide bonds. The molecule has 6 nitrogen and oxygen atoms in total. The van der Waals surface area contributed by atoms with E-state index in [-0.39, 0.29) is 6.04 Å². The molecule has 6 heteroatoms. The maximum atomic E-state index is 5.41. The van der Waals surface area contributed by atoms with Gasteiger partial charge in [0.1, 0.15) is 6.04 Å². The van der Waals surface area contributed by atoms with Gasteiger partial charge in [0.05, 0.1) is 41.3 Å². The van der Waals surface area contributed by atoms with Crippen LogP contribution in [-0.2, 0) is 0 Å². The van der Waals surface area contributed by atoms with Crippen LogP contribution in [0.5, 0.6) is 28.7 Å². The van der Waals surface area contributed by atoms with Crippen molar-refractivity contribution >= 4 is 5.71 Å². The summed E-state index contributed by atoms with van der Waals surface area (Å²) in [4.78, 5) is 4.60. The summed E-state index contributed by atoms with van der Waals surface area (Å²) in [7, 11) is 8.02. The number of hydrogen-bond donors (Lipinski definition) is 0. The number of aliphatic imine (C=N–C) groups is 1. The van der Waals surface area contributed by atoms with Gasteiger partial charge in [0.2, 0.25) is 5.75 Å². The van der Waals surface area contributed by atoms with Gasteiger partial charge in [0.25, 0.3) is 0 Å². The first kappa shape index (κ1) is 17.0. The van der Waals surface area contributed by atoms with E-state index in [1.165, 1.54) is 0 Å². The van der Waals surface area contributed by atoms with Crippen LogP contribution in [0.1, 0.15) is 17.2 Å². The van der Waals surface area contributed by atoms with E-state index in [2.05, 4.69) is 4.99 Å². The number of ether oxygens (including phenoxy) is 5. The van der Waals surface area contributed by atoms with Crippen molar-refractivity contribution in [1.29, 1.82) is 0 Å². The van der Waals surface area contributed by atoms with Crippen LogP contribution in [-0.4, -0.2) is 41.3 Å². The molecule has 2 aromatic rings. The van der Waals surface area contributed by atoms with Gasteiger partial charge >= 0.3 is 0 Å². The number of methoxy groups -OCH3 is 5. The zero-order chi connectivity index (χ0) is 18.0. The molecule has 0 saturated heterocycles. The van der Waals surface area contributed by atoms with Crippen molar-refractivity contribution < 1.29 is 23.7 Å². The molecule has 0 aromatic heterocycles. The van der Waals surface area contributed by atoms with Crippen LogP contribution in [0.25, 0.3) is 0 Å². The number of nitrogens with zero attached hydrogens (tertiary/aromatic N) is 1. The summed E-state index contributed by atoms with van der Waals surface area (Å²) in [6.45, 7) is 0. The highest BCUT2D eigenvalue weighted by atomic mass is 16.5. The summed E-state index contributed by atoms with van der Waals surface area (Å²) >= 11 is 0. The molecule has 1 aliphatic heterocycles. The van der Waals surface area contributed by atoms with Crippen molar-refractivity contribution in [3.8, 4) is 28.7 Å². The highest BCUT2D eigenvalue weighted by molar-refractivity contribution is 6.14. The molecule has 132 valence electrons. The fraction of sp³-hybridized carbons (Fsp3) is 0.316. The Labute approximate surface area is 147 Å². The van der Waals surface area contributed by atoms with E-state index in [0.717, 1.165) is 16.8 Å². The molecule has 1 unspecified atom stereocenters. The van der Waals surface area contributed by atoms with Gasteiger partial charge in [-0.2, -0.15) is 0 Å². The predicted molar refractivity (Wildman–Crippen MR) is 94.9 cm³/mol. The second-order valence-electron chi connectivity index (χ2n) is 5.45. The highest BCUT2D eigenvalue weighted by Crippen LogP contribution is 2.44. The Kier molecular flexibility index (Phi) is 4.70. The number of hydrogen-bond acceptors (Lipinski definition) is 6. The fourth-order valence-electron chi connectivity index (χ4n) is 2.82. The lowest BCUT2D eigenvalue weighted by Crippen LogP contribution is -2.00. The van der Waals surface area contributed by atoms with Crippen LogP contribution in [0.4, 0.5) is 0 Å². The summed E-state index contributed by atoms with van der Waals surface area (Å²) in [5.41, 5.74) is 2.96. The third kappa shape index (κ3) is 3.07. The smallest absolute Gasteiger partial charge is 0.203 e. The van der Waals surface area contributed by atoms with Gasteiger partial charge in [-0.15, -0.1) is 0 Å². The molecule has 0 aliphatic carbocycles. The van der Waals surface area contributed by atoms with Crippen LogP contribution in [0.15, 0.2) is 35.3 Å². The van der Waals surface area contributed by atoms with Crippen molar-refractivity contribution in [3.05, 3.63) is 41.5 Å². The van der Waals surface area contributed by atoms with E-state index in [9.17, 15) is 0 Å². The molecule has 0 fully saturated rings. The molecule has 0 bridgehead atoms. The molecule has 0 N–H and O–H groups in total. The van der Waals surface area contributed by atoms with Gasteiger partial charge in [0, 0.05) is 5.56 Å². The normalized spacial score (nSPS) is 15.2. The Bertz CT molecular complexity index is 790. The summed E-state index contributed by atoms with van der Waals surface area (Å²) in [6, 6.07) is 9.58. The third-order valence-electron chi connectivity index (χ3n) is 4.14. The average Bonchev–Trinajstić information content (AvgIpc) is 3.46. The molecule has 25 heavy (non-hydrogen) atoms. The zero-order valence-corrected chi connectivity index (χ0v) is 15.0. The van der Waals surface area contributed by atoms with Gasteiger partial charge in [-0.3, -0.25) is 4.99 Å². The van der Waals surface area contributed by atoms with Crippen LogP contribution in [0.3, 0.4) is 0 Å². The van der Waals surface area contributed by atoms with Crippen molar-refractivity contribution in [3.63, 3.8) is 0 Å². The largest absolute Gasteiger partial charge is 0.493 e. The standard InChI is InChI=1S/C19H21NO5/c1-21-13-7-6-11(8-14(13)22-2)17-18(20-17)12-9-15(23-3)19(25-5)16(10-12)24-4/h6-10,18H,1-5H3. The topological polar surface area (TPSA) is 58.5 Å². The van der Waals surface area contributed by atoms with E-state index >= 15 is 0 Å². The molecule has 1 atom stereocenters. The molecule has 1 aliphatic rings. The first-order chi connectivity index (χ1) is 12.2. The van der Waals surface area contributed by atoms with Crippen molar-refractivity contribution in [2.45, 2.75) is 6.04 Å². The van der Waals surface area contributed by atoms with Gasteiger partial charge in [-0.25, -0.2) is 0 Å². The third-order valence-corrected chi connectivity index (χ3v) is 4.14. The van der Waals surface area contributed by atoms with E-state index in [4.69, 9.17) is 23.7 Å². The molecule has 1 heterocycles. The monoisotopic (exact) mass is 343 g/mol. The molecule has 3 rings (SSSR count). The SMILES string of the molecule is COc1ccc(C2=NC2c2cc(OC)c(OC)c(OC)c2)cc1OC. The minimum atomic E-state index is -0.0354. The number of rotatable bonds is 7. The molecule has 0 radical (unpaired) electrons. The first-order valence-corrected chi connectivity index (χ1v) is 7.76. The summed E-state index contributed by atoms with van der Waals surface area (Å²) in [6.07, 6.45) is 0. The Morgan fingerprint density at radius 2 is 1.28 bits per heavy atom. The lowest BCUT2D eigenvalue weighted by Gasteiger charge is -2.13. The Morgan fingerprint density at radius 1 is 0.680 bits per heavy atom. The zero-order valence-electron chi connectivity index (χ0n) is 15.0. The maximum absolute atomic E-state index is 5.41. The summed E-state index contributed by atoms with van der Waals surface area (Å²) in [5.74, 6) is 3.17. The Balaban J connectivity index is 1.89. The average molecular weight is 343 g/mol. The summed E-state index contributed by atoms with van der Waals surface area (Å²) in [5, 5.41) is 0. The van der Waals surface area contributed by atoms with E-state index < -0.39 is 0 Å². The molecular weight excluding hydrogens is 322 g/mol. The van der Waals surface area contributed by atoms with E-state index in [1.807, 2.05) is 30.3 Å². The Hall–Kier alpha value is -2.89. The van der Waals surface area contributed by atoms with Gasteiger partial charge in [-0.1, -0.05) is 0 Å². The quantitative estimate of drug-likeness (QED) is 0.772. The second-order valence-corrected chi connectivity index (χ2v) is 5.45. The van der Waals surface area contributed by atoms with Crippen LogP contribution in [0.2, 0.25) is 0 Å². The van der Waals surface area contributed by atoms with Crippen molar-refractivity contribution in [1.82, 2.24) is 0 Å². The molecule has 2 aromatic carbocycles. The lowest BCUT2D eigenvalue weighted by atomic mass is 10.0. The first-order valence-electron chi connectivity index (χ1n) is 7.76. The van der Waals surface area contributed by atoms with E-state index in [0.29, 0.717) is 28.7 Å². The maximum Gasteiger partial charge on any atom is 0.203 e. The van der Waals surface area contributed by atoms with Crippen LogP contribution in [0, 0.1) is 0 Å². The minimum absolute atomic E-state index is 0.0354. The van der Waals surface area contributed by atoms with Gasteiger partial charge < -0.3 is 23.7 Å². The molecular formula is C19H21NO5. The fourth-order valence-corrected chi connectivity index (χ4v) is 2.82. The molecule has 0 spiro atoms. The molecule has 0 saturated carbocycles. The van der Waals surface area contributed by atoms with Crippen LogP contribution < -0.4 is 23.7 Å². The van der Waals surface area contributed by atoms with Crippen molar-refractivity contribution in [2.24, 2.45) is 4.99 Å². The highest BCUT2D eigenvalue weighted by Gasteiger charge is 2.33. The summed E-state index contributed by atoms with van der Waals surface area (Å²) < 4.78 is 26.8. The van der Waals surface area contributed by atoms with Gasteiger partial charge in [-0.05, 0) is 35.9 Å². The number of benzene rings is 2. The van der Waals surface area contributed by atoms with Crippen molar-refractivity contribution in [2.75, 3.05) is 35.5 Å². The Morgan fingerprint density at radius 3 is 1.80 bits per heavy atom. The predicted octanol–water partition coefficient (Wildman–Crippen LogP) is 3.27. The minimum Gasteiger partial charge on any atom is -0.493 e. The van der Waals surface area contributed by atoms with Gasteiger partial charge in [0.15, 0.2) is 23.0 Å². The van der Waals surface area contributed by atoms with Crippen LogP contribution >= 0.6 is 0 Å². The second kappa shape index (κ2) is 6.93. The van der Waals surface area contributed by atoms with E-state index in [1.54, 1.807) is 35.5 Å². The lowest BCUT2D eigenvalue weighted by molar-refractivity contribution is 0.324.